The van der Waals surface area contributed by atoms with Crippen molar-refractivity contribution in [2.75, 3.05) is 21.3 Å². The normalized spacial score (nSPS) is 24.3. The summed E-state index contributed by atoms with van der Waals surface area (Å²) in [5, 5.41) is 0. The van der Waals surface area contributed by atoms with Gasteiger partial charge in [0, 0.05) is 0 Å². The molecule has 0 bridgehead atoms. The molecule has 1 fully saturated rings. The summed E-state index contributed by atoms with van der Waals surface area (Å²) in [5.74, 6) is 1.58. The molecule has 8 heteroatoms. The van der Waals surface area contributed by atoms with Crippen molar-refractivity contribution in [1.29, 1.82) is 0 Å². The van der Waals surface area contributed by atoms with Crippen molar-refractivity contribution in [3.63, 3.8) is 0 Å². The third kappa shape index (κ3) is 3.44. The summed E-state index contributed by atoms with van der Waals surface area (Å²) in [6.07, 6.45) is 4.86. The topological polar surface area (TPSA) is 87.4 Å². The van der Waals surface area contributed by atoms with Crippen molar-refractivity contribution in [2.45, 2.75) is 44.4 Å². The molecule has 1 aromatic heterocycles. The van der Waals surface area contributed by atoms with Gasteiger partial charge in [-0.1, -0.05) is 6.42 Å². The molecule has 1 amide bonds. The van der Waals surface area contributed by atoms with E-state index in [1.807, 2.05) is 0 Å². The molecule has 174 valence electrons. The Morgan fingerprint density at radius 1 is 1.03 bits per heavy atom. The summed E-state index contributed by atoms with van der Waals surface area (Å²) in [7, 11) is 4.60. The van der Waals surface area contributed by atoms with Gasteiger partial charge in [0.25, 0.3) is 5.91 Å². The molecule has 0 N–H and O–H groups in total. The van der Waals surface area contributed by atoms with Crippen molar-refractivity contribution in [1.82, 2.24) is 4.90 Å². The molecule has 1 saturated carbocycles. The molecule has 2 aliphatic heterocycles. The number of ketones is 1. The number of nitrogens with zero attached hydrogens (tertiary/aromatic N) is 1. The monoisotopic (exact) mass is 453 g/mol. The van der Waals surface area contributed by atoms with E-state index in [0.717, 1.165) is 25.7 Å². The number of rotatable bonds is 6. The number of hydrogen-bond acceptors (Lipinski definition) is 7. The van der Waals surface area contributed by atoms with Gasteiger partial charge in [-0.2, -0.15) is 0 Å². The van der Waals surface area contributed by atoms with Gasteiger partial charge in [0.15, 0.2) is 23.0 Å². The minimum Gasteiger partial charge on any atom is -0.493 e. The van der Waals surface area contributed by atoms with Crippen LogP contribution in [0.25, 0.3) is 0 Å². The summed E-state index contributed by atoms with van der Waals surface area (Å²) in [6, 6.07) is 6.49. The highest BCUT2D eigenvalue weighted by Gasteiger charge is 2.52. The molecule has 0 radical (unpaired) electrons. The first-order valence-corrected chi connectivity index (χ1v) is 11.2. The highest BCUT2D eigenvalue weighted by Crippen LogP contribution is 2.49. The van der Waals surface area contributed by atoms with Gasteiger partial charge < -0.3 is 28.3 Å². The Bertz CT molecular complexity index is 1080. The first kappa shape index (κ1) is 21.4. The van der Waals surface area contributed by atoms with Gasteiger partial charge in [0.05, 0.1) is 51.7 Å². The van der Waals surface area contributed by atoms with Crippen molar-refractivity contribution in [3.05, 3.63) is 53.2 Å². The molecule has 2 aromatic rings. The van der Waals surface area contributed by atoms with Gasteiger partial charge in [-0.05, 0) is 49.1 Å². The number of hydrogen-bond donors (Lipinski definition) is 0. The third-order valence-corrected chi connectivity index (χ3v) is 6.77. The van der Waals surface area contributed by atoms with Crippen molar-refractivity contribution in [3.8, 4) is 17.2 Å². The van der Waals surface area contributed by atoms with Crippen LogP contribution in [0.4, 0.5) is 0 Å². The summed E-state index contributed by atoms with van der Waals surface area (Å²) >= 11 is 0. The lowest BCUT2D eigenvalue weighted by Crippen LogP contribution is -2.39. The van der Waals surface area contributed by atoms with Gasteiger partial charge in [-0.15, -0.1) is 0 Å². The molecular formula is C25H27NO7. The number of amides is 1. The lowest BCUT2D eigenvalue weighted by Gasteiger charge is -2.35. The van der Waals surface area contributed by atoms with E-state index in [1.165, 1.54) is 21.3 Å². The summed E-state index contributed by atoms with van der Waals surface area (Å²) in [6.45, 7) is 0.201. The first-order valence-electron chi connectivity index (χ1n) is 11.2. The van der Waals surface area contributed by atoms with E-state index in [1.54, 1.807) is 35.4 Å². The van der Waals surface area contributed by atoms with E-state index in [2.05, 4.69) is 0 Å². The molecule has 3 atom stereocenters. The number of Topliss-reactive ketones (excluding diaryl/α,β-unsaturated/α-hetero) is 1. The van der Waals surface area contributed by atoms with Crippen molar-refractivity contribution in [2.24, 2.45) is 5.92 Å². The second kappa shape index (κ2) is 8.50. The van der Waals surface area contributed by atoms with Gasteiger partial charge in [0.1, 0.15) is 11.9 Å². The predicted octanol–water partition coefficient (Wildman–Crippen LogP) is 3.80. The molecule has 0 saturated heterocycles. The first-order chi connectivity index (χ1) is 16.1. The van der Waals surface area contributed by atoms with Crippen LogP contribution in [0.1, 0.15) is 43.0 Å². The zero-order valence-electron chi connectivity index (χ0n) is 19.0. The Kier molecular flexibility index (Phi) is 5.52. The number of fused-ring (bicyclic) bond motifs is 1. The second-order valence-electron chi connectivity index (χ2n) is 8.53. The number of ether oxygens (including phenoxy) is 4. The number of carbonyl (C=O) groups is 2. The molecule has 33 heavy (non-hydrogen) atoms. The van der Waals surface area contributed by atoms with E-state index in [0.29, 0.717) is 34.1 Å². The van der Waals surface area contributed by atoms with Crippen LogP contribution in [0, 0.1) is 5.92 Å². The molecule has 1 aromatic carbocycles. The van der Waals surface area contributed by atoms with E-state index >= 15 is 0 Å². The molecular weight excluding hydrogens is 426 g/mol. The van der Waals surface area contributed by atoms with Crippen molar-refractivity contribution >= 4 is 11.7 Å². The Morgan fingerprint density at radius 2 is 1.76 bits per heavy atom. The van der Waals surface area contributed by atoms with Crippen LogP contribution in [0.5, 0.6) is 17.2 Å². The Labute approximate surface area is 192 Å². The quantitative estimate of drug-likeness (QED) is 0.657. The van der Waals surface area contributed by atoms with E-state index in [-0.39, 0.29) is 36.0 Å². The maximum Gasteiger partial charge on any atom is 0.290 e. The largest absolute Gasteiger partial charge is 0.493 e. The van der Waals surface area contributed by atoms with Crippen LogP contribution in [0.2, 0.25) is 0 Å². The lowest BCUT2D eigenvalue weighted by atomic mass is 9.77. The Balaban J connectivity index is 1.65. The summed E-state index contributed by atoms with van der Waals surface area (Å²) < 4.78 is 28.3. The fourth-order valence-corrected chi connectivity index (χ4v) is 5.23. The summed E-state index contributed by atoms with van der Waals surface area (Å²) in [5.41, 5.74) is 1.09. The van der Waals surface area contributed by atoms with Gasteiger partial charge in [-0.25, -0.2) is 0 Å². The number of benzene rings is 1. The fourth-order valence-electron chi connectivity index (χ4n) is 5.23. The molecule has 5 rings (SSSR count). The third-order valence-electron chi connectivity index (χ3n) is 6.77. The Morgan fingerprint density at radius 3 is 2.39 bits per heavy atom. The number of furan rings is 1. The van der Waals surface area contributed by atoms with E-state index in [9.17, 15) is 9.59 Å². The maximum atomic E-state index is 13.7. The molecule has 0 spiro atoms. The number of carbonyl (C=O) groups excluding carboxylic acids is 2. The zero-order valence-corrected chi connectivity index (χ0v) is 19.0. The highest BCUT2D eigenvalue weighted by atomic mass is 16.5. The van der Waals surface area contributed by atoms with Crippen LogP contribution < -0.4 is 14.2 Å². The lowest BCUT2D eigenvalue weighted by molar-refractivity contribution is -0.135. The molecule has 3 aliphatic rings. The highest BCUT2D eigenvalue weighted by molar-refractivity contribution is 6.11. The van der Waals surface area contributed by atoms with Crippen molar-refractivity contribution < 1.29 is 33.0 Å². The average Bonchev–Trinajstić information content (AvgIpc) is 3.45. The fraction of sp³-hybridized carbons (Fsp3) is 0.440. The average molecular weight is 453 g/mol. The minimum atomic E-state index is -0.651. The van der Waals surface area contributed by atoms with Crippen LogP contribution in [0.15, 0.2) is 46.3 Å². The second-order valence-corrected chi connectivity index (χ2v) is 8.53. The number of methoxy groups -OCH3 is 3. The van der Waals surface area contributed by atoms with E-state index in [4.69, 9.17) is 23.4 Å². The SMILES string of the molecule is COc1cc(C2C3=C(OC4CCCCC4C3=O)C(=O)N2Cc2ccco2)cc(OC)c1OC. The zero-order chi connectivity index (χ0) is 23.1. The van der Waals surface area contributed by atoms with E-state index < -0.39 is 6.04 Å². The van der Waals surface area contributed by atoms with Gasteiger partial charge in [-0.3, -0.25) is 9.59 Å². The summed E-state index contributed by atoms with van der Waals surface area (Å²) in [4.78, 5) is 28.9. The molecule has 3 heterocycles. The van der Waals surface area contributed by atoms with Crippen LogP contribution in [-0.4, -0.2) is 44.0 Å². The molecule has 3 unspecified atom stereocenters. The van der Waals surface area contributed by atoms with Crippen LogP contribution in [-0.2, 0) is 20.9 Å². The molecule has 1 aliphatic carbocycles. The predicted molar refractivity (Wildman–Crippen MR) is 117 cm³/mol. The Hall–Kier alpha value is -3.42. The van der Waals surface area contributed by atoms with Gasteiger partial charge in [0.2, 0.25) is 5.75 Å². The standard InChI is InChI=1S/C25H27NO7/c1-29-18-11-14(12-19(30-2)23(18)31-3)21-20-22(27)16-8-4-5-9-17(16)33-24(20)25(28)26(21)13-15-7-6-10-32-15/h6-7,10-12,16-17,21H,4-5,8-9,13H2,1-3H3. The smallest absolute Gasteiger partial charge is 0.290 e. The molecule has 8 nitrogen and oxygen atoms in total. The maximum absolute atomic E-state index is 13.7. The van der Waals surface area contributed by atoms with Gasteiger partial charge >= 0.3 is 0 Å². The minimum absolute atomic E-state index is 0.00463. The van der Waals surface area contributed by atoms with Crippen LogP contribution >= 0.6 is 0 Å². The van der Waals surface area contributed by atoms with Crippen LogP contribution in [0.3, 0.4) is 0 Å².